The van der Waals surface area contributed by atoms with Crippen molar-refractivity contribution in [2.75, 3.05) is 31.0 Å². The zero-order valence-electron chi connectivity index (χ0n) is 18.3. The second kappa shape index (κ2) is 13.0. The number of benzene rings is 2. The molecule has 0 N–H and O–H groups in total. The Bertz CT molecular complexity index is 1020. The number of non-ortho nitro benzene ring substituents is 2. The van der Waals surface area contributed by atoms with Crippen molar-refractivity contribution in [3.63, 3.8) is 0 Å². The summed E-state index contributed by atoms with van der Waals surface area (Å²) in [5.74, 6) is -0.232. The minimum absolute atomic E-state index is 0.00644. The van der Waals surface area contributed by atoms with Crippen LogP contribution >= 0.6 is 0 Å². The van der Waals surface area contributed by atoms with Crippen molar-refractivity contribution in [2.45, 2.75) is 24.9 Å². The van der Waals surface area contributed by atoms with E-state index in [-0.39, 0.29) is 22.7 Å². The highest BCUT2D eigenvalue weighted by atomic mass is 32.2. The molecular weight excluding hydrogens is 461 g/mol. The Kier molecular flexibility index (Phi) is 11.1. The van der Waals surface area contributed by atoms with Gasteiger partial charge in [0.1, 0.15) is 5.82 Å². The third-order valence-electron chi connectivity index (χ3n) is 4.20. The Morgan fingerprint density at radius 2 is 1.38 bits per heavy atom. The largest absolute Gasteiger partial charge is 0.374 e. The second-order valence-corrected chi connectivity index (χ2v) is 9.83. The van der Waals surface area contributed by atoms with Gasteiger partial charge in [-0.1, -0.05) is 6.92 Å². The molecule has 0 amide bonds. The van der Waals surface area contributed by atoms with Crippen LogP contribution in [0.5, 0.6) is 0 Å². The van der Waals surface area contributed by atoms with Crippen molar-refractivity contribution in [3.05, 3.63) is 73.6 Å². The molecule has 2 aromatic rings. The van der Waals surface area contributed by atoms with Gasteiger partial charge < -0.3 is 4.90 Å². The van der Waals surface area contributed by atoms with E-state index in [4.69, 9.17) is 0 Å². The van der Waals surface area contributed by atoms with E-state index in [0.717, 1.165) is 42.4 Å². The monoisotopic (exact) mass is 487 g/mol. The average molecular weight is 488 g/mol. The summed E-state index contributed by atoms with van der Waals surface area (Å²) >= 11 is 0. The van der Waals surface area contributed by atoms with Crippen LogP contribution in [0.2, 0.25) is 0 Å². The molecule has 2 rings (SSSR count). The van der Waals surface area contributed by atoms with E-state index in [0.29, 0.717) is 5.75 Å². The number of nitro groups is 2. The molecule has 0 radical (unpaired) electrons. The van der Waals surface area contributed by atoms with Crippen LogP contribution in [-0.4, -0.2) is 44.4 Å². The van der Waals surface area contributed by atoms with Gasteiger partial charge in [0.15, 0.2) is 0 Å². The summed E-state index contributed by atoms with van der Waals surface area (Å²) in [5.41, 5.74) is 1.65. The standard InChI is InChI=1S/C12H18N2O3S.C8H8FNO3S/c1-4-7-13(2)12-6-5-11(14(15)16)8-10(12)9-18(3)17;1-14(13)5-6-4-7(10(11)12)2-3-8(6)9/h5-6,8H,4,7,9H2,1-3H3;2-4H,5H2,1H3. The summed E-state index contributed by atoms with van der Waals surface area (Å²) < 4.78 is 35.2. The fourth-order valence-electron chi connectivity index (χ4n) is 2.85. The van der Waals surface area contributed by atoms with E-state index in [1.165, 1.54) is 18.4 Å². The second-order valence-electron chi connectivity index (χ2n) is 6.96. The third-order valence-corrected chi connectivity index (χ3v) is 5.64. The Morgan fingerprint density at radius 3 is 1.84 bits per heavy atom. The Morgan fingerprint density at radius 1 is 0.906 bits per heavy atom. The quantitative estimate of drug-likeness (QED) is 0.388. The van der Waals surface area contributed by atoms with Crippen molar-refractivity contribution < 1.29 is 22.7 Å². The van der Waals surface area contributed by atoms with Crippen molar-refractivity contribution >= 4 is 38.7 Å². The van der Waals surface area contributed by atoms with Crippen molar-refractivity contribution in [1.82, 2.24) is 0 Å². The normalized spacial score (nSPS) is 12.3. The fraction of sp³-hybridized carbons (Fsp3) is 0.400. The molecule has 12 heteroatoms. The minimum Gasteiger partial charge on any atom is -0.374 e. The van der Waals surface area contributed by atoms with Crippen LogP contribution in [0.3, 0.4) is 0 Å². The van der Waals surface area contributed by atoms with Crippen LogP contribution in [0.25, 0.3) is 0 Å². The first kappa shape index (κ1) is 27.3. The number of hydrogen-bond acceptors (Lipinski definition) is 7. The lowest BCUT2D eigenvalue weighted by Crippen LogP contribution is -2.19. The topological polar surface area (TPSA) is 124 Å². The number of halogens is 1. The van der Waals surface area contributed by atoms with E-state index in [1.807, 2.05) is 11.9 Å². The molecule has 0 aliphatic heterocycles. The van der Waals surface area contributed by atoms with E-state index < -0.39 is 37.3 Å². The first-order chi connectivity index (χ1) is 15.0. The zero-order chi connectivity index (χ0) is 24.4. The molecule has 32 heavy (non-hydrogen) atoms. The predicted octanol–water partition coefficient (Wildman–Crippen LogP) is 3.93. The molecule has 0 saturated carbocycles. The number of nitrogens with zero attached hydrogens (tertiary/aromatic N) is 3. The SMILES string of the molecule is CCCN(C)c1ccc([N+](=O)[O-])cc1CS(C)=O.CS(=O)Cc1cc([N+](=O)[O-])ccc1F. The number of rotatable bonds is 9. The molecule has 0 aliphatic rings. The molecule has 9 nitrogen and oxygen atoms in total. The number of hydrogen-bond donors (Lipinski definition) is 0. The number of anilines is 1. The lowest BCUT2D eigenvalue weighted by molar-refractivity contribution is -0.385. The summed E-state index contributed by atoms with van der Waals surface area (Å²) in [6, 6.07) is 7.94. The van der Waals surface area contributed by atoms with Crippen molar-refractivity contribution in [3.8, 4) is 0 Å². The maximum atomic E-state index is 13.0. The highest BCUT2D eigenvalue weighted by Crippen LogP contribution is 2.26. The van der Waals surface area contributed by atoms with Gasteiger partial charge in [-0.2, -0.15) is 0 Å². The summed E-state index contributed by atoms with van der Waals surface area (Å²) in [6.07, 6.45) is 4.00. The van der Waals surface area contributed by atoms with E-state index in [1.54, 1.807) is 12.3 Å². The van der Waals surface area contributed by atoms with E-state index >= 15 is 0 Å². The van der Waals surface area contributed by atoms with Crippen LogP contribution in [-0.2, 0) is 33.1 Å². The molecule has 2 unspecified atom stereocenters. The molecule has 0 aromatic heterocycles. The van der Waals surface area contributed by atoms with Gasteiger partial charge in [-0.15, -0.1) is 0 Å². The first-order valence-electron chi connectivity index (χ1n) is 9.47. The first-order valence-corrected chi connectivity index (χ1v) is 12.9. The number of nitro benzene ring substituents is 2. The maximum absolute atomic E-state index is 13.0. The van der Waals surface area contributed by atoms with E-state index in [2.05, 4.69) is 6.92 Å². The van der Waals surface area contributed by atoms with Gasteiger partial charge in [0.25, 0.3) is 11.4 Å². The van der Waals surface area contributed by atoms with Crippen LogP contribution < -0.4 is 4.90 Å². The van der Waals surface area contributed by atoms with Crippen LogP contribution in [0.15, 0.2) is 36.4 Å². The molecule has 0 aliphatic carbocycles. The Hall–Kier alpha value is -2.73. The lowest BCUT2D eigenvalue weighted by Gasteiger charge is -2.21. The summed E-state index contributed by atoms with van der Waals surface area (Å²) in [7, 11) is -0.292. The summed E-state index contributed by atoms with van der Waals surface area (Å²) in [6.45, 7) is 2.93. The Balaban J connectivity index is 0.000000330. The van der Waals surface area contributed by atoms with Gasteiger partial charge in [-0.25, -0.2) is 4.39 Å². The molecule has 176 valence electrons. The van der Waals surface area contributed by atoms with Crippen LogP contribution in [0.4, 0.5) is 21.5 Å². The molecule has 0 heterocycles. The zero-order valence-corrected chi connectivity index (χ0v) is 19.9. The molecule has 0 bridgehead atoms. The van der Waals surface area contributed by atoms with Crippen LogP contribution in [0, 0.1) is 26.0 Å². The van der Waals surface area contributed by atoms with Gasteiger partial charge in [0.05, 0.1) is 21.4 Å². The smallest absolute Gasteiger partial charge is 0.269 e. The Labute approximate surface area is 190 Å². The maximum Gasteiger partial charge on any atom is 0.269 e. The van der Waals surface area contributed by atoms with Gasteiger partial charge in [-0.3, -0.25) is 28.6 Å². The van der Waals surface area contributed by atoms with Gasteiger partial charge in [0.2, 0.25) is 0 Å². The molecule has 0 spiro atoms. The average Bonchev–Trinajstić information content (AvgIpc) is 2.69. The van der Waals surface area contributed by atoms with Crippen LogP contribution in [0.1, 0.15) is 24.5 Å². The predicted molar refractivity (Wildman–Crippen MR) is 125 cm³/mol. The van der Waals surface area contributed by atoms with Gasteiger partial charge >= 0.3 is 0 Å². The van der Waals surface area contributed by atoms with Crippen molar-refractivity contribution in [1.29, 1.82) is 0 Å². The fourth-order valence-corrected chi connectivity index (χ4v) is 4.18. The van der Waals surface area contributed by atoms with Crippen molar-refractivity contribution in [2.24, 2.45) is 0 Å². The molecule has 0 saturated heterocycles. The molecular formula is C20H26FN3O6S2. The van der Waals surface area contributed by atoms with E-state index in [9.17, 15) is 33.0 Å². The summed E-state index contributed by atoms with van der Waals surface area (Å²) in [4.78, 5) is 22.1. The third kappa shape index (κ3) is 8.79. The minimum atomic E-state index is -1.21. The van der Waals surface area contributed by atoms with Gasteiger partial charge in [-0.05, 0) is 24.1 Å². The highest BCUT2D eigenvalue weighted by molar-refractivity contribution is 7.83. The molecule has 2 aromatic carbocycles. The molecule has 0 fully saturated rings. The van der Waals surface area contributed by atoms with Gasteiger partial charge in [0, 0.05) is 83.2 Å². The highest BCUT2D eigenvalue weighted by Gasteiger charge is 2.14. The molecule has 2 atom stereocenters. The lowest BCUT2D eigenvalue weighted by atomic mass is 10.1. The summed E-state index contributed by atoms with van der Waals surface area (Å²) in [5, 5.41) is 21.1.